The van der Waals surface area contributed by atoms with Gasteiger partial charge in [0.2, 0.25) is 0 Å². The summed E-state index contributed by atoms with van der Waals surface area (Å²) in [7, 11) is 1.73. The van der Waals surface area contributed by atoms with E-state index in [-0.39, 0.29) is 0 Å². The first-order valence-electron chi connectivity index (χ1n) is 3.44. The molecule has 0 spiro atoms. The summed E-state index contributed by atoms with van der Waals surface area (Å²) in [6, 6.07) is 0. The fourth-order valence-corrected chi connectivity index (χ4v) is 0.516. The molecule has 0 bridgehead atoms. The molecule has 0 aliphatic carbocycles. The molecule has 62 valence electrons. The maximum atomic E-state index is 5.31. The van der Waals surface area contributed by atoms with Gasteiger partial charge >= 0.3 is 0 Å². The van der Waals surface area contributed by atoms with Crippen molar-refractivity contribution in [2.45, 2.75) is 6.92 Å². The Balaban J connectivity index is 3.82. The van der Waals surface area contributed by atoms with Crippen molar-refractivity contribution in [3.8, 4) is 0 Å². The molecule has 0 fully saturated rings. The zero-order valence-corrected chi connectivity index (χ0v) is 7.09. The van der Waals surface area contributed by atoms with Crippen molar-refractivity contribution in [2.24, 2.45) is 10.7 Å². The van der Waals surface area contributed by atoms with E-state index >= 15 is 0 Å². The van der Waals surface area contributed by atoms with Crippen LogP contribution in [0.15, 0.2) is 29.0 Å². The lowest BCUT2D eigenvalue weighted by molar-refractivity contribution is 0.977. The molecule has 3 heteroatoms. The quantitative estimate of drug-likeness (QED) is 0.583. The van der Waals surface area contributed by atoms with Crippen LogP contribution in [0.25, 0.3) is 0 Å². The molecule has 0 heterocycles. The Kier molecular flexibility index (Phi) is 5.11. The zero-order chi connectivity index (χ0) is 8.69. The van der Waals surface area contributed by atoms with Crippen LogP contribution in [0.3, 0.4) is 0 Å². The normalized spacial score (nSPS) is 12.1. The van der Waals surface area contributed by atoms with Crippen molar-refractivity contribution in [1.82, 2.24) is 5.32 Å². The fourth-order valence-electron chi connectivity index (χ4n) is 0.516. The topological polar surface area (TPSA) is 50.4 Å². The minimum atomic E-state index is 0.451. The zero-order valence-electron chi connectivity index (χ0n) is 7.09. The van der Waals surface area contributed by atoms with Gasteiger partial charge in [-0.1, -0.05) is 6.58 Å². The Morgan fingerprint density at radius 3 is 2.82 bits per heavy atom. The number of hydrogen-bond acceptors (Lipinski definition) is 3. The van der Waals surface area contributed by atoms with Crippen LogP contribution in [0, 0.1) is 0 Å². The SMILES string of the molecule is C=C(CN)N/C=C(C)\C=N/C. The van der Waals surface area contributed by atoms with Crippen LogP contribution in [-0.4, -0.2) is 19.8 Å². The second-order valence-corrected chi connectivity index (χ2v) is 2.23. The molecule has 0 aliphatic heterocycles. The number of aliphatic imine (C=N–C) groups is 1. The molecule has 0 aromatic heterocycles. The van der Waals surface area contributed by atoms with Gasteiger partial charge in [0.1, 0.15) is 0 Å². The van der Waals surface area contributed by atoms with E-state index in [2.05, 4.69) is 16.9 Å². The Morgan fingerprint density at radius 1 is 1.73 bits per heavy atom. The van der Waals surface area contributed by atoms with E-state index in [0.717, 1.165) is 11.3 Å². The predicted molar refractivity (Wildman–Crippen MR) is 49.5 cm³/mol. The van der Waals surface area contributed by atoms with Gasteiger partial charge < -0.3 is 11.1 Å². The van der Waals surface area contributed by atoms with Crippen LogP contribution in [0.1, 0.15) is 6.92 Å². The second-order valence-electron chi connectivity index (χ2n) is 2.23. The van der Waals surface area contributed by atoms with Crippen molar-refractivity contribution in [3.63, 3.8) is 0 Å². The van der Waals surface area contributed by atoms with Gasteiger partial charge in [0.15, 0.2) is 0 Å². The standard InChI is InChI=1S/C8H15N3/c1-7(5-10-3)6-11-8(2)4-9/h5-6,11H,2,4,9H2,1,3H3/b7-6-,10-5-. The van der Waals surface area contributed by atoms with Crippen molar-refractivity contribution in [3.05, 3.63) is 24.0 Å². The van der Waals surface area contributed by atoms with E-state index < -0.39 is 0 Å². The molecule has 0 aliphatic rings. The molecule has 3 nitrogen and oxygen atoms in total. The maximum Gasteiger partial charge on any atom is 0.0326 e. The van der Waals surface area contributed by atoms with Gasteiger partial charge in [-0.25, -0.2) is 0 Å². The largest absolute Gasteiger partial charge is 0.364 e. The molecule has 0 saturated heterocycles. The highest BCUT2D eigenvalue weighted by Gasteiger charge is 1.84. The number of hydrogen-bond donors (Lipinski definition) is 2. The highest BCUT2D eigenvalue weighted by atomic mass is 14.9. The van der Waals surface area contributed by atoms with Gasteiger partial charge in [-0.2, -0.15) is 0 Å². The summed E-state index contributed by atoms with van der Waals surface area (Å²) < 4.78 is 0. The van der Waals surface area contributed by atoms with Crippen molar-refractivity contribution < 1.29 is 0 Å². The van der Waals surface area contributed by atoms with Gasteiger partial charge in [0, 0.05) is 31.7 Å². The predicted octanol–water partition coefficient (Wildman–Crippen LogP) is 0.653. The van der Waals surface area contributed by atoms with Crippen molar-refractivity contribution in [2.75, 3.05) is 13.6 Å². The van der Waals surface area contributed by atoms with E-state index in [4.69, 9.17) is 5.73 Å². The number of allylic oxidation sites excluding steroid dienone is 1. The van der Waals surface area contributed by atoms with Crippen LogP contribution in [0.4, 0.5) is 0 Å². The van der Waals surface area contributed by atoms with E-state index in [9.17, 15) is 0 Å². The number of nitrogens with two attached hydrogens (primary N) is 1. The summed E-state index contributed by atoms with van der Waals surface area (Å²) in [5.74, 6) is 0. The monoisotopic (exact) mass is 153 g/mol. The van der Waals surface area contributed by atoms with Gasteiger partial charge in [0.25, 0.3) is 0 Å². The Labute approximate surface area is 67.7 Å². The highest BCUT2D eigenvalue weighted by molar-refractivity contribution is 5.77. The van der Waals surface area contributed by atoms with Crippen LogP contribution in [-0.2, 0) is 0 Å². The second kappa shape index (κ2) is 5.68. The summed E-state index contributed by atoms with van der Waals surface area (Å²) in [5, 5.41) is 2.94. The average molecular weight is 153 g/mol. The smallest absolute Gasteiger partial charge is 0.0326 e. The molecule has 0 atom stereocenters. The van der Waals surface area contributed by atoms with E-state index in [1.54, 1.807) is 13.3 Å². The molecular formula is C8H15N3. The molecule has 0 aromatic carbocycles. The molecule has 3 N–H and O–H groups in total. The summed E-state index contributed by atoms with van der Waals surface area (Å²) in [4.78, 5) is 3.85. The lowest BCUT2D eigenvalue weighted by Crippen LogP contribution is -2.14. The van der Waals surface area contributed by atoms with Gasteiger partial charge in [0.05, 0.1) is 0 Å². The van der Waals surface area contributed by atoms with Crippen molar-refractivity contribution in [1.29, 1.82) is 0 Å². The Morgan fingerprint density at radius 2 is 2.36 bits per heavy atom. The van der Waals surface area contributed by atoms with E-state index in [1.807, 2.05) is 13.1 Å². The van der Waals surface area contributed by atoms with Crippen LogP contribution in [0.2, 0.25) is 0 Å². The summed E-state index contributed by atoms with van der Waals surface area (Å²) in [5.41, 5.74) is 7.15. The third-order valence-electron chi connectivity index (χ3n) is 1.08. The molecule has 0 rings (SSSR count). The number of nitrogens with zero attached hydrogens (tertiary/aromatic N) is 1. The summed E-state index contributed by atoms with van der Waals surface area (Å²) in [6.45, 7) is 6.08. The van der Waals surface area contributed by atoms with Crippen molar-refractivity contribution >= 4 is 6.21 Å². The Hall–Kier alpha value is -1.09. The first-order valence-corrected chi connectivity index (χ1v) is 3.44. The molecule has 0 radical (unpaired) electrons. The third-order valence-corrected chi connectivity index (χ3v) is 1.08. The lowest BCUT2D eigenvalue weighted by atomic mass is 10.3. The molecule has 0 aromatic rings. The first-order chi connectivity index (χ1) is 5.20. The van der Waals surface area contributed by atoms with Crippen LogP contribution >= 0.6 is 0 Å². The van der Waals surface area contributed by atoms with Gasteiger partial charge in [-0.15, -0.1) is 0 Å². The molecule has 0 amide bonds. The highest BCUT2D eigenvalue weighted by Crippen LogP contribution is 1.86. The number of rotatable bonds is 4. The van der Waals surface area contributed by atoms with Gasteiger partial charge in [-0.05, 0) is 12.5 Å². The minimum absolute atomic E-state index is 0.451. The minimum Gasteiger partial charge on any atom is -0.364 e. The third kappa shape index (κ3) is 5.36. The average Bonchev–Trinajstić information content (AvgIpc) is 2.01. The maximum absolute atomic E-state index is 5.31. The Bertz CT molecular complexity index is 180. The molecule has 11 heavy (non-hydrogen) atoms. The summed E-state index contributed by atoms with van der Waals surface area (Å²) in [6.07, 6.45) is 3.58. The van der Waals surface area contributed by atoms with Crippen LogP contribution < -0.4 is 11.1 Å². The van der Waals surface area contributed by atoms with E-state index in [0.29, 0.717) is 6.54 Å². The van der Waals surface area contributed by atoms with E-state index in [1.165, 1.54) is 0 Å². The molecule has 0 saturated carbocycles. The summed E-state index contributed by atoms with van der Waals surface area (Å²) >= 11 is 0. The molecule has 0 unspecified atom stereocenters. The fraction of sp³-hybridized carbons (Fsp3) is 0.375. The first kappa shape index (κ1) is 9.91. The lowest BCUT2D eigenvalue weighted by Gasteiger charge is -2.00. The number of nitrogens with one attached hydrogen (secondary N) is 1. The molecular weight excluding hydrogens is 138 g/mol. The van der Waals surface area contributed by atoms with Gasteiger partial charge in [-0.3, -0.25) is 4.99 Å². The van der Waals surface area contributed by atoms with Crippen LogP contribution in [0.5, 0.6) is 0 Å².